The zero-order chi connectivity index (χ0) is 13.9. The molecule has 0 saturated heterocycles. The highest BCUT2D eigenvalue weighted by Crippen LogP contribution is 2.38. The Hall–Kier alpha value is -1.50. The van der Waals surface area contributed by atoms with E-state index >= 15 is 0 Å². The van der Waals surface area contributed by atoms with Crippen LogP contribution in [0.5, 0.6) is 5.75 Å². The van der Waals surface area contributed by atoms with Gasteiger partial charge in [0.1, 0.15) is 0 Å². The molecule has 0 spiro atoms. The Labute approximate surface area is 105 Å². The summed E-state index contributed by atoms with van der Waals surface area (Å²) in [5.41, 5.74) is -0.213. The molecule has 1 amide bonds. The van der Waals surface area contributed by atoms with Gasteiger partial charge in [0.2, 0.25) is 5.91 Å². The fourth-order valence-electron chi connectivity index (χ4n) is 1.08. The summed E-state index contributed by atoms with van der Waals surface area (Å²) in [5.74, 6) is -1.29. The molecule has 1 aromatic rings. The van der Waals surface area contributed by atoms with E-state index in [2.05, 4.69) is 10.1 Å². The van der Waals surface area contributed by atoms with Gasteiger partial charge in [-0.3, -0.25) is 4.79 Å². The second-order valence-corrected chi connectivity index (χ2v) is 3.67. The van der Waals surface area contributed by atoms with Crippen LogP contribution in [0.2, 0.25) is 5.02 Å². The molecule has 0 fully saturated rings. The summed E-state index contributed by atoms with van der Waals surface area (Å²) in [6.07, 6.45) is -8.71. The van der Waals surface area contributed by atoms with Crippen molar-refractivity contribution in [2.45, 2.75) is 19.5 Å². The van der Waals surface area contributed by atoms with Gasteiger partial charge in [0.15, 0.2) is 5.75 Å². The average Bonchev–Trinajstić information content (AvgIpc) is 2.22. The number of alkyl halides is 4. The van der Waals surface area contributed by atoms with Gasteiger partial charge in [-0.2, -0.15) is 17.6 Å². The van der Waals surface area contributed by atoms with Crippen LogP contribution in [0.3, 0.4) is 0 Å². The number of anilines is 1. The highest BCUT2D eigenvalue weighted by molar-refractivity contribution is 6.32. The standard InChI is InChI=1S/C10H8ClF4NO2/c1-5(17)16-7-4-2-3-6(11)8(7)18-10(14,15)9(12)13/h2-4,9H,1H3,(H,16,17). The molecule has 0 aromatic heterocycles. The molecule has 0 aliphatic heterocycles. The lowest BCUT2D eigenvalue weighted by Gasteiger charge is -2.19. The lowest BCUT2D eigenvalue weighted by atomic mass is 10.3. The third kappa shape index (κ3) is 3.49. The highest BCUT2D eigenvalue weighted by atomic mass is 35.5. The Morgan fingerprint density at radius 2 is 2.06 bits per heavy atom. The minimum absolute atomic E-state index is 0.213. The van der Waals surface area contributed by atoms with Gasteiger partial charge in [0.05, 0.1) is 10.7 Å². The quantitative estimate of drug-likeness (QED) is 0.859. The van der Waals surface area contributed by atoms with E-state index in [1.807, 2.05) is 0 Å². The second kappa shape index (κ2) is 5.43. The Balaban J connectivity index is 3.10. The number of para-hydroxylation sites is 1. The molecule has 8 heteroatoms. The molecule has 0 saturated carbocycles. The minimum atomic E-state index is -4.70. The van der Waals surface area contributed by atoms with E-state index in [0.29, 0.717) is 0 Å². The molecular formula is C10H8ClF4NO2. The number of benzene rings is 1. The summed E-state index contributed by atoms with van der Waals surface area (Å²) in [5, 5.41) is 1.83. The number of rotatable bonds is 4. The lowest BCUT2D eigenvalue weighted by molar-refractivity contribution is -0.252. The Morgan fingerprint density at radius 1 is 1.44 bits per heavy atom. The molecule has 0 radical (unpaired) electrons. The maximum Gasteiger partial charge on any atom is 0.461 e. The van der Waals surface area contributed by atoms with Crippen LogP contribution in [-0.4, -0.2) is 18.4 Å². The average molecular weight is 286 g/mol. The molecule has 0 unspecified atom stereocenters. The van der Waals surface area contributed by atoms with Gasteiger partial charge < -0.3 is 10.1 Å². The molecule has 0 bridgehead atoms. The Kier molecular flexibility index (Phi) is 4.39. The maximum atomic E-state index is 12.8. The van der Waals surface area contributed by atoms with Crippen molar-refractivity contribution in [3.8, 4) is 5.75 Å². The van der Waals surface area contributed by atoms with Crippen LogP contribution >= 0.6 is 11.6 Å². The van der Waals surface area contributed by atoms with Crippen molar-refractivity contribution in [3.05, 3.63) is 23.2 Å². The number of amides is 1. The van der Waals surface area contributed by atoms with Gasteiger partial charge in [-0.25, -0.2) is 0 Å². The first-order chi connectivity index (χ1) is 8.24. The molecule has 1 N–H and O–H groups in total. The predicted octanol–water partition coefficient (Wildman–Crippen LogP) is 3.54. The second-order valence-electron chi connectivity index (χ2n) is 3.26. The van der Waals surface area contributed by atoms with E-state index in [9.17, 15) is 22.4 Å². The number of nitrogens with one attached hydrogen (secondary N) is 1. The van der Waals surface area contributed by atoms with Gasteiger partial charge in [-0.15, -0.1) is 0 Å². The van der Waals surface area contributed by atoms with Gasteiger partial charge in [-0.05, 0) is 12.1 Å². The topological polar surface area (TPSA) is 38.3 Å². The molecule has 1 rings (SSSR count). The fraction of sp³-hybridized carbons (Fsp3) is 0.300. The van der Waals surface area contributed by atoms with Crippen molar-refractivity contribution in [1.29, 1.82) is 0 Å². The van der Waals surface area contributed by atoms with Gasteiger partial charge in [0, 0.05) is 6.92 Å². The molecule has 0 atom stereocenters. The Bertz CT molecular complexity index is 454. The molecule has 0 aliphatic rings. The summed E-state index contributed by atoms with van der Waals surface area (Å²) in [4.78, 5) is 10.8. The number of halogens is 5. The first kappa shape index (κ1) is 14.6. The molecule has 0 aliphatic carbocycles. The normalized spacial score (nSPS) is 11.5. The van der Waals surface area contributed by atoms with Crippen molar-refractivity contribution in [2.75, 3.05) is 5.32 Å². The number of ether oxygens (including phenoxy) is 1. The highest BCUT2D eigenvalue weighted by Gasteiger charge is 2.44. The maximum absolute atomic E-state index is 12.8. The van der Waals surface area contributed by atoms with Crippen LogP contribution in [-0.2, 0) is 4.79 Å². The van der Waals surface area contributed by atoms with Crippen LogP contribution in [0.4, 0.5) is 23.2 Å². The number of hydrogen-bond acceptors (Lipinski definition) is 2. The summed E-state index contributed by atoms with van der Waals surface area (Å²) >= 11 is 5.57. The fourth-order valence-corrected chi connectivity index (χ4v) is 1.29. The van der Waals surface area contributed by atoms with Crippen molar-refractivity contribution < 1.29 is 27.1 Å². The summed E-state index contributed by atoms with van der Waals surface area (Å²) in [6, 6.07) is 3.72. The van der Waals surface area contributed by atoms with E-state index in [4.69, 9.17) is 11.6 Å². The van der Waals surface area contributed by atoms with Crippen molar-refractivity contribution >= 4 is 23.2 Å². The van der Waals surface area contributed by atoms with Crippen molar-refractivity contribution in [1.82, 2.24) is 0 Å². The van der Waals surface area contributed by atoms with E-state index in [1.165, 1.54) is 18.2 Å². The number of carbonyl (C=O) groups is 1. The number of hydrogen-bond donors (Lipinski definition) is 1. The van der Waals surface area contributed by atoms with Crippen molar-refractivity contribution in [2.24, 2.45) is 0 Å². The molecule has 1 aromatic carbocycles. The predicted molar refractivity (Wildman–Crippen MR) is 57.3 cm³/mol. The van der Waals surface area contributed by atoms with E-state index in [-0.39, 0.29) is 10.7 Å². The van der Waals surface area contributed by atoms with Crippen LogP contribution in [0.1, 0.15) is 6.92 Å². The third-order valence-corrected chi connectivity index (χ3v) is 2.07. The smallest absolute Gasteiger partial charge is 0.424 e. The largest absolute Gasteiger partial charge is 0.461 e. The SMILES string of the molecule is CC(=O)Nc1cccc(Cl)c1OC(F)(F)C(F)F. The summed E-state index contributed by atoms with van der Waals surface area (Å²) < 4.78 is 53.5. The zero-order valence-corrected chi connectivity index (χ0v) is 9.77. The monoisotopic (exact) mass is 285 g/mol. The zero-order valence-electron chi connectivity index (χ0n) is 9.02. The van der Waals surface area contributed by atoms with E-state index in [0.717, 1.165) is 6.92 Å². The lowest BCUT2D eigenvalue weighted by Crippen LogP contribution is -2.33. The first-order valence-electron chi connectivity index (χ1n) is 4.65. The van der Waals surface area contributed by atoms with Crippen LogP contribution < -0.4 is 10.1 Å². The summed E-state index contributed by atoms with van der Waals surface area (Å²) in [6.45, 7) is 1.12. The van der Waals surface area contributed by atoms with Gasteiger partial charge in [-0.1, -0.05) is 17.7 Å². The molecule has 18 heavy (non-hydrogen) atoms. The molecule has 100 valence electrons. The van der Waals surface area contributed by atoms with Crippen LogP contribution in [0, 0.1) is 0 Å². The first-order valence-corrected chi connectivity index (χ1v) is 5.03. The van der Waals surface area contributed by atoms with E-state index < -0.39 is 24.2 Å². The molecular weight excluding hydrogens is 278 g/mol. The van der Waals surface area contributed by atoms with Crippen LogP contribution in [0.25, 0.3) is 0 Å². The van der Waals surface area contributed by atoms with Gasteiger partial charge >= 0.3 is 12.5 Å². The minimum Gasteiger partial charge on any atom is -0.424 e. The van der Waals surface area contributed by atoms with E-state index in [1.54, 1.807) is 0 Å². The number of carbonyl (C=O) groups excluding carboxylic acids is 1. The van der Waals surface area contributed by atoms with Crippen molar-refractivity contribution in [3.63, 3.8) is 0 Å². The third-order valence-electron chi connectivity index (χ3n) is 1.77. The summed E-state index contributed by atoms with van der Waals surface area (Å²) in [7, 11) is 0. The molecule has 0 heterocycles. The van der Waals surface area contributed by atoms with Crippen LogP contribution in [0.15, 0.2) is 18.2 Å². The molecule has 3 nitrogen and oxygen atoms in total. The van der Waals surface area contributed by atoms with Gasteiger partial charge in [0.25, 0.3) is 0 Å². The Morgan fingerprint density at radius 3 is 2.56 bits per heavy atom.